The van der Waals surface area contributed by atoms with Crippen LogP contribution < -0.4 is 15.2 Å². The van der Waals surface area contributed by atoms with Gasteiger partial charge in [-0.3, -0.25) is 0 Å². The van der Waals surface area contributed by atoms with Crippen molar-refractivity contribution in [3.05, 3.63) is 24.3 Å². The van der Waals surface area contributed by atoms with Crippen molar-refractivity contribution >= 4 is 11.8 Å². The Kier molecular flexibility index (Phi) is 7.85. The smallest absolute Gasteiger partial charge is 0.429 e. The summed E-state index contributed by atoms with van der Waals surface area (Å²) in [4.78, 5) is 12.4. The Morgan fingerprint density at radius 1 is 1.25 bits per heavy atom. The summed E-state index contributed by atoms with van der Waals surface area (Å²) in [6, 6.07) is 7.73. The number of carbonyl (C=O) groups is 1. The molecule has 1 N–H and O–H groups in total. The molecule has 1 fully saturated rings. The predicted molar refractivity (Wildman–Crippen MR) is 93.3 cm³/mol. The molecule has 2 rings (SSSR count). The third-order valence-electron chi connectivity index (χ3n) is 4.00. The molecule has 134 valence electrons. The highest BCUT2D eigenvalue weighted by Crippen LogP contribution is 2.23. The molecule has 1 aromatic rings. The number of hydrogen-bond acceptors (Lipinski definition) is 5. The van der Waals surface area contributed by atoms with E-state index >= 15 is 0 Å². The van der Waals surface area contributed by atoms with Gasteiger partial charge in [0.15, 0.2) is 0 Å². The third-order valence-corrected chi connectivity index (χ3v) is 4.00. The lowest BCUT2D eigenvalue weighted by molar-refractivity contribution is 0.146. The summed E-state index contributed by atoms with van der Waals surface area (Å²) in [6.45, 7) is 3.13. The van der Waals surface area contributed by atoms with Gasteiger partial charge >= 0.3 is 6.09 Å². The first kappa shape index (κ1) is 18.5. The maximum absolute atomic E-state index is 12.4. The first-order valence-corrected chi connectivity index (χ1v) is 8.69. The summed E-state index contributed by atoms with van der Waals surface area (Å²) in [6.07, 6.45) is 5.39. The number of nitrogens with zero attached hydrogens (tertiary/aromatic N) is 1. The van der Waals surface area contributed by atoms with Gasteiger partial charge in [-0.15, -0.1) is 0 Å². The van der Waals surface area contributed by atoms with Crippen LogP contribution in [0.2, 0.25) is 0 Å². The summed E-state index contributed by atoms with van der Waals surface area (Å²) in [5.74, 6) is 0.698. The summed E-state index contributed by atoms with van der Waals surface area (Å²) in [5.41, 5.74) is 4.05. The van der Waals surface area contributed by atoms with Gasteiger partial charge in [0.2, 0.25) is 0 Å². The number of hydrazine groups is 1. The zero-order chi connectivity index (χ0) is 17.2. The average Bonchev–Trinajstić information content (AvgIpc) is 2.61. The van der Waals surface area contributed by atoms with E-state index in [-0.39, 0.29) is 0 Å². The van der Waals surface area contributed by atoms with Gasteiger partial charge in [0.1, 0.15) is 12.4 Å². The number of rotatable bonds is 8. The molecule has 1 saturated carbocycles. The van der Waals surface area contributed by atoms with E-state index in [2.05, 4.69) is 5.43 Å². The Hall–Kier alpha value is -1.79. The van der Waals surface area contributed by atoms with E-state index in [0.717, 1.165) is 12.8 Å². The average molecular weight is 336 g/mol. The lowest BCUT2D eigenvalue weighted by Crippen LogP contribution is -2.49. The van der Waals surface area contributed by atoms with Crippen molar-refractivity contribution in [1.82, 2.24) is 5.43 Å². The van der Waals surface area contributed by atoms with Gasteiger partial charge in [0.25, 0.3) is 0 Å². The first-order valence-electron chi connectivity index (χ1n) is 8.69. The Morgan fingerprint density at radius 3 is 2.75 bits per heavy atom. The largest absolute Gasteiger partial charge is 0.491 e. The zero-order valence-electron chi connectivity index (χ0n) is 14.6. The van der Waals surface area contributed by atoms with Gasteiger partial charge in [-0.25, -0.2) is 15.2 Å². The zero-order valence-corrected chi connectivity index (χ0v) is 14.6. The molecule has 0 saturated heterocycles. The number of nitrogens with one attached hydrogen (secondary N) is 1. The topological polar surface area (TPSA) is 60.0 Å². The SMILES string of the molecule is CCOC(=O)N(NC1CCCCC1)c1cccc(OCCOC)c1. The van der Waals surface area contributed by atoms with Crippen LogP contribution in [0.5, 0.6) is 5.75 Å². The molecule has 0 aromatic heterocycles. The van der Waals surface area contributed by atoms with E-state index in [1.54, 1.807) is 14.0 Å². The fourth-order valence-corrected chi connectivity index (χ4v) is 2.79. The molecule has 0 heterocycles. The van der Waals surface area contributed by atoms with E-state index in [1.807, 2.05) is 24.3 Å². The van der Waals surface area contributed by atoms with Crippen LogP contribution in [-0.4, -0.2) is 39.1 Å². The van der Waals surface area contributed by atoms with Crippen LogP contribution in [-0.2, 0) is 9.47 Å². The number of ether oxygens (including phenoxy) is 3. The Morgan fingerprint density at radius 2 is 2.04 bits per heavy atom. The van der Waals surface area contributed by atoms with Crippen LogP contribution in [0.4, 0.5) is 10.5 Å². The highest BCUT2D eigenvalue weighted by molar-refractivity contribution is 5.86. The second kappa shape index (κ2) is 10.2. The minimum absolute atomic E-state index is 0.293. The first-order chi connectivity index (χ1) is 11.7. The molecule has 0 bridgehead atoms. The number of carbonyl (C=O) groups excluding carboxylic acids is 1. The molecule has 24 heavy (non-hydrogen) atoms. The van der Waals surface area contributed by atoms with Crippen LogP contribution in [0.25, 0.3) is 0 Å². The Balaban J connectivity index is 2.09. The molecule has 6 nitrogen and oxygen atoms in total. The Labute approximate surface area is 144 Å². The molecule has 0 unspecified atom stereocenters. The molecule has 6 heteroatoms. The third kappa shape index (κ3) is 5.69. The highest BCUT2D eigenvalue weighted by atomic mass is 16.6. The number of benzene rings is 1. The standard InChI is InChI=1S/C18H28N2O4/c1-3-23-18(21)20(19-15-8-5-4-6-9-15)16-10-7-11-17(14-16)24-13-12-22-2/h7,10-11,14-15,19H,3-6,8-9,12-13H2,1-2H3. The van der Waals surface area contributed by atoms with Crippen LogP contribution in [0.15, 0.2) is 24.3 Å². The monoisotopic (exact) mass is 336 g/mol. The van der Waals surface area contributed by atoms with Crippen LogP contribution in [0.1, 0.15) is 39.0 Å². The second-order valence-electron chi connectivity index (χ2n) is 5.84. The molecule has 0 atom stereocenters. The lowest BCUT2D eigenvalue weighted by Gasteiger charge is -2.30. The minimum Gasteiger partial charge on any atom is -0.491 e. The van der Waals surface area contributed by atoms with Crippen molar-refractivity contribution in [2.45, 2.75) is 45.1 Å². The second-order valence-corrected chi connectivity index (χ2v) is 5.84. The molecular formula is C18H28N2O4. The van der Waals surface area contributed by atoms with Gasteiger partial charge in [-0.2, -0.15) is 0 Å². The number of hydrogen-bond donors (Lipinski definition) is 1. The van der Waals surface area contributed by atoms with Crippen LogP contribution >= 0.6 is 0 Å². The summed E-state index contributed by atoms with van der Waals surface area (Å²) in [5, 5.41) is 1.50. The fourth-order valence-electron chi connectivity index (χ4n) is 2.79. The summed E-state index contributed by atoms with van der Waals surface area (Å²) >= 11 is 0. The normalized spacial score (nSPS) is 15.1. The van der Waals surface area contributed by atoms with Crippen molar-refractivity contribution in [2.24, 2.45) is 0 Å². The van der Waals surface area contributed by atoms with Gasteiger partial charge in [0, 0.05) is 19.2 Å². The molecule has 1 amide bonds. The van der Waals surface area contributed by atoms with E-state index in [9.17, 15) is 4.79 Å². The van der Waals surface area contributed by atoms with Gasteiger partial charge in [0.05, 0.1) is 18.9 Å². The van der Waals surface area contributed by atoms with Crippen molar-refractivity contribution in [1.29, 1.82) is 0 Å². The molecule has 1 aliphatic rings. The van der Waals surface area contributed by atoms with Crippen molar-refractivity contribution < 1.29 is 19.0 Å². The van der Waals surface area contributed by atoms with Crippen molar-refractivity contribution in [3.63, 3.8) is 0 Å². The molecular weight excluding hydrogens is 308 g/mol. The molecule has 1 aromatic carbocycles. The quantitative estimate of drug-likeness (QED) is 0.581. The molecule has 0 radical (unpaired) electrons. The van der Waals surface area contributed by atoms with Gasteiger partial charge in [-0.1, -0.05) is 25.3 Å². The predicted octanol–water partition coefficient (Wildman–Crippen LogP) is 3.51. The maximum Gasteiger partial charge on any atom is 0.429 e. The van der Waals surface area contributed by atoms with E-state index in [0.29, 0.717) is 37.3 Å². The van der Waals surface area contributed by atoms with E-state index < -0.39 is 6.09 Å². The van der Waals surface area contributed by atoms with Gasteiger partial charge < -0.3 is 14.2 Å². The van der Waals surface area contributed by atoms with Crippen LogP contribution in [0, 0.1) is 0 Å². The van der Waals surface area contributed by atoms with Crippen molar-refractivity contribution in [2.75, 3.05) is 31.9 Å². The minimum atomic E-state index is -0.392. The van der Waals surface area contributed by atoms with Gasteiger partial charge in [-0.05, 0) is 31.9 Å². The number of amides is 1. The van der Waals surface area contributed by atoms with Crippen LogP contribution in [0.3, 0.4) is 0 Å². The number of methoxy groups -OCH3 is 1. The summed E-state index contributed by atoms with van der Waals surface area (Å²) < 4.78 is 15.8. The molecule has 1 aliphatic carbocycles. The van der Waals surface area contributed by atoms with E-state index in [1.165, 1.54) is 24.3 Å². The summed E-state index contributed by atoms with van der Waals surface area (Å²) in [7, 11) is 1.64. The van der Waals surface area contributed by atoms with E-state index in [4.69, 9.17) is 14.2 Å². The Bertz CT molecular complexity index is 504. The van der Waals surface area contributed by atoms with Crippen molar-refractivity contribution in [3.8, 4) is 5.75 Å². The number of anilines is 1. The lowest BCUT2D eigenvalue weighted by atomic mass is 9.96. The molecule has 0 spiro atoms. The maximum atomic E-state index is 12.4. The fraction of sp³-hybridized carbons (Fsp3) is 0.611. The highest BCUT2D eigenvalue weighted by Gasteiger charge is 2.23. The molecule has 0 aliphatic heterocycles.